The lowest BCUT2D eigenvalue weighted by Gasteiger charge is -2.28. The molecular formula is C18H22N6OS. The Morgan fingerprint density at radius 1 is 1.12 bits per heavy atom. The number of thiophene rings is 1. The van der Waals surface area contributed by atoms with Crippen molar-refractivity contribution >= 4 is 33.3 Å². The van der Waals surface area contributed by atoms with E-state index in [4.69, 9.17) is 20.4 Å². The van der Waals surface area contributed by atoms with Gasteiger partial charge >= 0.3 is 0 Å². The van der Waals surface area contributed by atoms with Crippen LogP contribution < -0.4 is 10.6 Å². The molecule has 1 aliphatic heterocycles. The summed E-state index contributed by atoms with van der Waals surface area (Å²) in [5, 5.41) is 0. The molecule has 0 unspecified atom stereocenters. The molecule has 136 valence electrons. The van der Waals surface area contributed by atoms with Gasteiger partial charge in [0, 0.05) is 30.4 Å². The molecule has 2 N–H and O–H groups in total. The van der Waals surface area contributed by atoms with Crippen LogP contribution in [0.15, 0.2) is 18.5 Å². The third-order valence-electron chi connectivity index (χ3n) is 4.33. The number of nitrogens with two attached hydrogens (primary N) is 1. The predicted octanol–water partition coefficient (Wildman–Crippen LogP) is 2.86. The first-order chi connectivity index (χ1) is 12.4. The van der Waals surface area contributed by atoms with Crippen LogP contribution in [-0.4, -0.2) is 46.2 Å². The Morgan fingerprint density at radius 2 is 1.81 bits per heavy atom. The molecule has 0 atom stereocenters. The van der Waals surface area contributed by atoms with Crippen LogP contribution in [0, 0.1) is 0 Å². The van der Waals surface area contributed by atoms with Crippen molar-refractivity contribution in [2.45, 2.75) is 26.2 Å². The quantitative estimate of drug-likeness (QED) is 0.742. The standard InChI is InChI=1S/C18H22N6OS/c1-18(2,3)13-8-12-14(26-13)16(24-4-6-25-7-5-24)23-15(22-12)11-9-20-17(19)21-10-11/h8-10H,4-7H2,1-3H3,(H2,19,20,21). The fourth-order valence-electron chi connectivity index (χ4n) is 2.86. The zero-order chi connectivity index (χ0) is 18.3. The normalized spacial score (nSPS) is 15.6. The number of nitrogens with zero attached hydrogens (tertiary/aromatic N) is 5. The first kappa shape index (κ1) is 17.1. The van der Waals surface area contributed by atoms with Gasteiger partial charge in [0.25, 0.3) is 0 Å². The third kappa shape index (κ3) is 3.22. The van der Waals surface area contributed by atoms with Crippen molar-refractivity contribution in [3.63, 3.8) is 0 Å². The minimum absolute atomic E-state index is 0.0676. The maximum atomic E-state index is 5.61. The third-order valence-corrected chi connectivity index (χ3v) is 5.88. The minimum atomic E-state index is 0.0676. The zero-order valence-electron chi connectivity index (χ0n) is 15.2. The van der Waals surface area contributed by atoms with Gasteiger partial charge in [0.2, 0.25) is 5.95 Å². The summed E-state index contributed by atoms with van der Waals surface area (Å²) in [6, 6.07) is 2.17. The first-order valence-corrected chi connectivity index (χ1v) is 9.46. The van der Waals surface area contributed by atoms with E-state index in [1.807, 2.05) is 0 Å². The lowest BCUT2D eigenvalue weighted by atomic mass is 9.95. The molecule has 1 aliphatic rings. The molecule has 0 aromatic carbocycles. The summed E-state index contributed by atoms with van der Waals surface area (Å²) in [7, 11) is 0. The lowest BCUT2D eigenvalue weighted by Crippen LogP contribution is -2.36. The maximum absolute atomic E-state index is 5.61. The number of anilines is 2. The Balaban J connectivity index is 1.89. The van der Waals surface area contributed by atoms with Crippen LogP contribution in [0.3, 0.4) is 0 Å². The van der Waals surface area contributed by atoms with Gasteiger partial charge in [-0.05, 0) is 11.5 Å². The molecule has 4 heterocycles. The van der Waals surface area contributed by atoms with Crippen LogP contribution in [0.1, 0.15) is 25.6 Å². The van der Waals surface area contributed by atoms with E-state index in [2.05, 4.69) is 41.7 Å². The number of fused-ring (bicyclic) bond motifs is 1. The van der Waals surface area contributed by atoms with E-state index in [0.29, 0.717) is 19.0 Å². The summed E-state index contributed by atoms with van der Waals surface area (Å²) in [6.45, 7) is 9.72. The summed E-state index contributed by atoms with van der Waals surface area (Å²) >= 11 is 1.77. The Kier molecular flexibility index (Phi) is 4.24. The summed E-state index contributed by atoms with van der Waals surface area (Å²) in [6.07, 6.45) is 3.34. The van der Waals surface area contributed by atoms with Crippen molar-refractivity contribution in [3.05, 3.63) is 23.3 Å². The SMILES string of the molecule is CC(C)(C)c1cc2nc(-c3cnc(N)nc3)nc(N3CCOCC3)c2s1. The molecular weight excluding hydrogens is 348 g/mol. The highest BCUT2D eigenvalue weighted by molar-refractivity contribution is 7.19. The molecule has 26 heavy (non-hydrogen) atoms. The Hall–Kier alpha value is -2.32. The molecule has 3 aromatic rings. The van der Waals surface area contributed by atoms with E-state index in [1.165, 1.54) is 4.88 Å². The fourth-order valence-corrected chi connectivity index (χ4v) is 4.03. The summed E-state index contributed by atoms with van der Waals surface area (Å²) in [4.78, 5) is 21.4. The Morgan fingerprint density at radius 3 is 2.46 bits per heavy atom. The Labute approximate surface area is 156 Å². The van der Waals surface area contributed by atoms with Crippen molar-refractivity contribution in [1.29, 1.82) is 0 Å². The van der Waals surface area contributed by atoms with Gasteiger partial charge in [-0.15, -0.1) is 11.3 Å². The maximum Gasteiger partial charge on any atom is 0.219 e. The van der Waals surface area contributed by atoms with Crippen LogP contribution in [-0.2, 0) is 10.2 Å². The first-order valence-electron chi connectivity index (χ1n) is 8.64. The fraction of sp³-hybridized carbons (Fsp3) is 0.444. The van der Waals surface area contributed by atoms with Crippen molar-refractivity contribution in [1.82, 2.24) is 19.9 Å². The second kappa shape index (κ2) is 6.44. The molecule has 3 aromatic heterocycles. The largest absolute Gasteiger partial charge is 0.378 e. The molecule has 8 heteroatoms. The van der Waals surface area contributed by atoms with E-state index in [9.17, 15) is 0 Å². The van der Waals surface area contributed by atoms with Gasteiger partial charge < -0.3 is 15.4 Å². The van der Waals surface area contributed by atoms with Gasteiger partial charge in [0.1, 0.15) is 0 Å². The van der Waals surface area contributed by atoms with Gasteiger partial charge in [-0.1, -0.05) is 20.8 Å². The average Bonchev–Trinajstić information content (AvgIpc) is 3.07. The molecule has 0 radical (unpaired) electrons. The van der Waals surface area contributed by atoms with Crippen LogP contribution in [0.2, 0.25) is 0 Å². The predicted molar refractivity (Wildman–Crippen MR) is 105 cm³/mol. The van der Waals surface area contributed by atoms with Crippen LogP contribution in [0.5, 0.6) is 0 Å². The smallest absolute Gasteiger partial charge is 0.219 e. The van der Waals surface area contributed by atoms with E-state index < -0.39 is 0 Å². The number of nitrogen functional groups attached to an aromatic ring is 1. The van der Waals surface area contributed by atoms with Crippen molar-refractivity contribution < 1.29 is 4.74 Å². The number of aromatic nitrogens is 4. The minimum Gasteiger partial charge on any atom is -0.378 e. The molecule has 0 bridgehead atoms. The number of hydrogen-bond donors (Lipinski definition) is 1. The Bertz CT molecular complexity index is 925. The second-order valence-electron chi connectivity index (χ2n) is 7.38. The van der Waals surface area contributed by atoms with Crippen LogP contribution >= 0.6 is 11.3 Å². The van der Waals surface area contributed by atoms with Gasteiger partial charge in [0.15, 0.2) is 11.6 Å². The van der Waals surface area contributed by atoms with Crippen molar-refractivity contribution in [2.75, 3.05) is 36.9 Å². The lowest BCUT2D eigenvalue weighted by molar-refractivity contribution is 0.122. The summed E-state index contributed by atoms with van der Waals surface area (Å²) in [5.41, 5.74) is 7.40. The van der Waals surface area contributed by atoms with Gasteiger partial charge in [0.05, 0.1) is 29.0 Å². The highest BCUT2D eigenvalue weighted by atomic mass is 32.1. The van der Waals surface area contributed by atoms with E-state index in [0.717, 1.165) is 34.7 Å². The molecule has 0 amide bonds. The molecule has 1 saturated heterocycles. The highest BCUT2D eigenvalue weighted by Gasteiger charge is 2.23. The molecule has 1 fully saturated rings. The molecule has 4 rings (SSSR count). The van der Waals surface area contributed by atoms with E-state index >= 15 is 0 Å². The molecule has 0 saturated carbocycles. The second-order valence-corrected chi connectivity index (χ2v) is 8.43. The average molecular weight is 370 g/mol. The van der Waals surface area contributed by atoms with E-state index in [-0.39, 0.29) is 11.4 Å². The number of morpholine rings is 1. The molecule has 0 aliphatic carbocycles. The highest BCUT2D eigenvalue weighted by Crippen LogP contribution is 2.38. The molecule has 0 spiro atoms. The van der Waals surface area contributed by atoms with Crippen LogP contribution in [0.4, 0.5) is 11.8 Å². The van der Waals surface area contributed by atoms with E-state index in [1.54, 1.807) is 23.7 Å². The van der Waals surface area contributed by atoms with Gasteiger partial charge in [-0.2, -0.15) is 0 Å². The topological polar surface area (TPSA) is 90.0 Å². The summed E-state index contributed by atoms with van der Waals surface area (Å²) < 4.78 is 6.63. The monoisotopic (exact) mass is 370 g/mol. The number of rotatable bonds is 2. The van der Waals surface area contributed by atoms with Gasteiger partial charge in [-0.25, -0.2) is 19.9 Å². The van der Waals surface area contributed by atoms with Gasteiger partial charge in [-0.3, -0.25) is 0 Å². The molecule has 7 nitrogen and oxygen atoms in total. The number of ether oxygens (including phenoxy) is 1. The van der Waals surface area contributed by atoms with Crippen LogP contribution in [0.25, 0.3) is 21.6 Å². The summed E-state index contributed by atoms with van der Waals surface area (Å²) in [5.74, 6) is 1.83. The van der Waals surface area contributed by atoms with Crippen molar-refractivity contribution in [2.24, 2.45) is 0 Å². The zero-order valence-corrected chi connectivity index (χ0v) is 16.0. The van der Waals surface area contributed by atoms with Crippen molar-refractivity contribution in [3.8, 4) is 11.4 Å². The number of hydrogen-bond acceptors (Lipinski definition) is 8.